The van der Waals surface area contributed by atoms with Gasteiger partial charge in [0.25, 0.3) is 0 Å². The predicted molar refractivity (Wildman–Crippen MR) is 93.9 cm³/mol. The lowest BCUT2D eigenvalue weighted by Gasteiger charge is -2.07. The largest absolute Gasteiger partial charge is 0.367 e. The van der Waals surface area contributed by atoms with Crippen molar-refractivity contribution in [1.29, 1.82) is 5.26 Å². The number of rotatable bonds is 5. The van der Waals surface area contributed by atoms with E-state index in [0.717, 1.165) is 29.3 Å². The number of benzene rings is 1. The van der Waals surface area contributed by atoms with Gasteiger partial charge in [-0.05, 0) is 30.3 Å². The second kappa shape index (κ2) is 6.45. The first-order valence-electron chi connectivity index (χ1n) is 7.90. The molecule has 0 aliphatic rings. The van der Waals surface area contributed by atoms with Crippen LogP contribution in [0.15, 0.2) is 61.1 Å². The predicted octanol–water partition coefficient (Wildman–Crippen LogP) is 2.58. The van der Waals surface area contributed by atoms with Crippen molar-refractivity contribution in [1.82, 2.24) is 24.4 Å². The molecule has 0 atom stereocenters. The van der Waals surface area contributed by atoms with Crippen LogP contribution in [0, 0.1) is 11.3 Å². The Kier molecular flexibility index (Phi) is 3.85. The minimum atomic E-state index is 0.612. The molecule has 3 aromatic heterocycles. The van der Waals surface area contributed by atoms with Crippen molar-refractivity contribution in [3.05, 3.63) is 66.6 Å². The van der Waals surface area contributed by atoms with Crippen LogP contribution in [0.2, 0.25) is 0 Å². The Labute approximate surface area is 144 Å². The van der Waals surface area contributed by atoms with Gasteiger partial charge in [-0.1, -0.05) is 12.1 Å². The molecule has 0 aliphatic heterocycles. The normalized spacial score (nSPS) is 10.7. The summed E-state index contributed by atoms with van der Waals surface area (Å²) in [6.07, 6.45) is 5.46. The summed E-state index contributed by atoms with van der Waals surface area (Å²) in [4.78, 5) is 4.39. The van der Waals surface area contributed by atoms with E-state index in [9.17, 15) is 0 Å². The summed E-state index contributed by atoms with van der Waals surface area (Å²) in [5.74, 6) is 0.760. The van der Waals surface area contributed by atoms with Gasteiger partial charge in [-0.25, -0.2) is 9.50 Å². The molecule has 7 heteroatoms. The number of imidazole rings is 1. The van der Waals surface area contributed by atoms with E-state index in [1.54, 1.807) is 23.0 Å². The Hall–Kier alpha value is -3.66. The Morgan fingerprint density at radius 1 is 1.16 bits per heavy atom. The van der Waals surface area contributed by atoms with Gasteiger partial charge in [0.15, 0.2) is 5.65 Å². The third kappa shape index (κ3) is 3.05. The van der Waals surface area contributed by atoms with Crippen molar-refractivity contribution in [3.63, 3.8) is 0 Å². The zero-order valence-electron chi connectivity index (χ0n) is 13.4. The molecule has 0 fully saturated rings. The number of nitrogens with zero attached hydrogens (tertiary/aromatic N) is 6. The SMILES string of the molecule is N#Cc1cccc(-c2cnc3ccc(NCCn4cccn4)nn23)c1. The maximum Gasteiger partial charge on any atom is 0.154 e. The topological polar surface area (TPSA) is 83.8 Å². The summed E-state index contributed by atoms with van der Waals surface area (Å²) < 4.78 is 3.65. The van der Waals surface area contributed by atoms with E-state index in [1.165, 1.54) is 0 Å². The Morgan fingerprint density at radius 3 is 2.96 bits per heavy atom. The summed E-state index contributed by atoms with van der Waals surface area (Å²) >= 11 is 0. The van der Waals surface area contributed by atoms with Gasteiger partial charge in [-0.15, -0.1) is 5.10 Å². The molecule has 0 aliphatic carbocycles. The quantitative estimate of drug-likeness (QED) is 0.608. The molecule has 0 radical (unpaired) electrons. The lowest BCUT2D eigenvalue weighted by Crippen LogP contribution is -2.12. The summed E-state index contributed by atoms with van der Waals surface area (Å²) in [6, 6.07) is 15.3. The zero-order valence-corrected chi connectivity index (χ0v) is 13.4. The van der Waals surface area contributed by atoms with Gasteiger partial charge in [0.2, 0.25) is 0 Å². The van der Waals surface area contributed by atoms with Crippen molar-refractivity contribution in [2.24, 2.45) is 0 Å². The minimum Gasteiger partial charge on any atom is -0.367 e. The zero-order chi connectivity index (χ0) is 17.1. The van der Waals surface area contributed by atoms with E-state index >= 15 is 0 Å². The van der Waals surface area contributed by atoms with Crippen molar-refractivity contribution < 1.29 is 0 Å². The number of hydrogen-bond acceptors (Lipinski definition) is 5. The number of nitriles is 1. The molecule has 0 bridgehead atoms. The lowest BCUT2D eigenvalue weighted by molar-refractivity contribution is 0.636. The highest BCUT2D eigenvalue weighted by Gasteiger charge is 2.08. The first-order chi connectivity index (χ1) is 12.3. The molecule has 25 heavy (non-hydrogen) atoms. The Balaban J connectivity index is 1.60. The van der Waals surface area contributed by atoms with E-state index in [2.05, 4.69) is 26.6 Å². The van der Waals surface area contributed by atoms with Crippen LogP contribution in [0.3, 0.4) is 0 Å². The molecule has 122 valence electrons. The van der Waals surface area contributed by atoms with Gasteiger partial charge in [-0.2, -0.15) is 10.4 Å². The molecule has 0 saturated heterocycles. The molecule has 4 rings (SSSR count). The molecule has 0 spiro atoms. The molecule has 0 amide bonds. The van der Waals surface area contributed by atoms with Crippen molar-refractivity contribution in [3.8, 4) is 17.3 Å². The summed E-state index contributed by atoms with van der Waals surface area (Å²) in [6.45, 7) is 1.47. The van der Waals surface area contributed by atoms with Crippen LogP contribution in [-0.4, -0.2) is 30.9 Å². The molecule has 0 saturated carbocycles. The maximum atomic E-state index is 9.09. The second-order valence-corrected chi connectivity index (χ2v) is 5.52. The minimum absolute atomic E-state index is 0.612. The molecule has 1 aromatic carbocycles. The van der Waals surface area contributed by atoms with E-state index in [-0.39, 0.29) is 0 Å². The fourth-order valence-corrected chi connectivity index (χ4v) is 2.64. The maximum absolute atomic E-state index is 9.09. The standard InChI is InChI=1S/C18H15N7/c19-12-14-3-1-4-15(11-14)16-13-21-18-6-5-17(23-25(16)18)20-8-10-24-9-2-7-22-24/h1-7,9,11,13H,8,10H2,(H,20,23). The third-order valence-electron chi connectivity index (χ3n) is 3.86. The van der Waals surface area contributed by atoms with E-state index in [0.29, 0.717) is 12.1 Å². The number of nitrogens with one attached hydrogen (secondary N) is 1. The van der Waals surface area contributed by atoms with Crippen molar-refractivity contribution in [2.45, 2.75) is 6.54 Å². The third-order valence-corrected chi connectivity index (χ3v) is 3.86. The van der Waals surface area contributed by atoms with Gasteiger partial charge in [0.1, 0.15) is 5.82 Å². The average molecular weight is 329 g/mol. The first-order valence-corrected chi connectivity index (χ1v) is 7.90. The Morgan fingerprint density at radius 2 is 2.12 bits per heavy atom. The van der Waals surface area contributed by atoms with Crippen molar-refractivity contribution in [2.75, 3.05) is 11.9 Å². The molecule has 4 aromatic rings. The second-order valence-electron chi connectivity index (χ2n) is 5.52. The highest BCUT2D eigenvalue weighted by molar-refractivity contribution is 5.65. The molecule has 3 heterocycles. The highest BCUT2D eigenvalue weighted by atomic mass is 15.3. The van der Waals surface area contributed by atoms with Crippen LogP contribution in [-0.2, 0) is 6.54 Å². The first kappa shape index (κ1) is 14.9. The fourth-order valence-electron chi connectivity index (χ4n) is 2.64. The van der Waals surface area contributed by atoms with Gasteiger partial charge in [0, 0.05) is 24.5 Å². The molecular formula is C18H15N7. The van der Waals surface area contributed by atoms with Crippen molar-refractivity contribution >= 4 is 11.5 Å². The molecule has 1 N–H and O–H groups in total. The Bertz CT molecular complexity index is 1040. The average Bonchev–Trinajstić information content (AvgIpc) is 3.31. The van der Waals surface area contributed by atoms with Gasteiger partial charge >= 0.3 is 0 Å². The number of hydrogen-bond donors (Lipinski definition) is 1. The smallest absolute Gasteiger partial charge is 0.154 e. The van der Waals surface area contributed by atoms with Gasteiger partial charge in [-0.3, -0.25) is 4.68 Å². The number of anilines is 1. The van der Waals surface area contributed by atoms with Crippen LogP contribution in [0.5, 0.6) is 0 Å². The molecule has 7 nitrogen and oxygen atoms in total. The summed E-state index contributed by atoms with van der Waals surface area (Å²) in [5.41, 5.74) is 3.13. The van der Waals surface area contributed by atoms with Crippen LogP contribution in [0.4, 0.5) is 5.82 Å². The fraction of sp³-hybridized carbons (Fsp3) is 0.111. The van der Waals surface area contributed by atoms with Crippen LogP contribution < -0.4 is 5.32 Å². The number of aromatic nitrogens is 5. The highest BCUT2D eigenvalue weighted by Crippen LogP contribution is 2.21. The van der Waals surface area contributed by atoms with Crippen LogP contribution in [0.1, 0.15) is 5.56 Å². The van der Waals surface area contributed by atoms with Crippen LogP contribution >= 0.6 is 0 Å². The number of fused-ring (bicyclic) bond motifs is 1. The summed E-state index contributed by atoms with van der Waals surface area (Å²) in [5, 5.41) is 21.2. The van der Waals surface area contributed by atoms with Gasteiger partial charge in [0.05, 0.1) is 30.1 Å². The van der Waals surface area contributed by atoms with E-state index < -0.39 is 0 Å². The molecular weight excluding hydrogens is 314 g/mol. The van der Waals surface area contributed by atoms with E-state index in [1.807, 2.05) is 47.3 Å². The van der Waals surface area contributed by atoms with E-state index in [4.69, 9.17) is 5.26 Å². The lowest BCUT2D eigenvalue weighted by atomic mass is 10.1. The molecule has 0 unspecified atom stereocenters. The summed E-state index contributed by atoms with van der Waals surface area (Å²) in [7, 11) is 0. The van der Waals surface area contributed by atoms with Crippen LogP contribution in [0.25, 0.3) is 16.9 Å². The van der Waals surface area contributed by atoms with Gasteiger partial charge < -0.3 is 5.32 Å². The monoisotopic (exact) mass is 329 g/mol.